The van der Waals surface area contributed by atoms with Gasteiger partial charge in [0, 0.05) is 6.04 Å². The van der Waals surface area contributed by atoms with E-state index in [4.69, 9.17) is 0 Å². The molecule has 3 rings (SSSR count). The Kier molecular flexibility index (Phi) is 2.62. The highest BCUT2D eigenvalue weighted by atomic mass is 16.3. The SMILES string of the molecule is CN(C)C1C2CCC1Cc1cc(O)ccc1C2. The minimum Gasteiger partial charge on any atom is -0.508 e. The van der Waals surface area contributed by atoms with E-state index in [0.29, 0.717) is 5.75 Å². The molecule has 2 aliphatic rings. The Morgan fingerprint density at radius 3 is 2.35 bits per heavy atom. The average molecular weight is 231 g/mol. The van der Waals surface area contributed by atoms with Crippen molar-refractivity contribution in [2.45, 2.75) is 31.7 Å². The summed E-state index contributed by atoms with van der Waals surface area (Å²) in [5.74, 6) is 2.00. The van der Waals surface area contributed by atoms with Crippen LogP contribution in [0.4, 0.5) is 0 Å². The van der Waals surface area contributed by atoms with Gasteiger partial charge in [-0.1, -0.05) is 6.07 Å². The van der Waals surface area contributed by atoms with Gasteiger partial charge in [0.2, 0.25) is 0 Å². The van der Waals surface area contributed by atoms with E-state index >= 15 is 0 Å². The molecule has 1 aromatic rings. The highest BCUT2D eigenvalue weighted by Gasteiger charge is 2.39. The van der Waals surface area contributed by atoms with Crippen LogP contribution in [0.2, 0.25) is 0 Å². The molecule has 0 aliphatic heterocycles. The van der Waals surface area contributed by atoms with Crippen molar-refractivity contribution in [2.24, 2.45) is 11.8 Å². The van der Waals surface area contributed by atoms with E-state index in [1.807, 2.05) is 12.1 Å². The molecule has 3 atom stereocenters. The number of hydrogen-bond acceptors (Lipinski definition) is 2. The zero-order valence-corrected chi connectivity index (χ0v) is 10.7. The van der Waals surface area contributed by atoms with Crippen LogP contribution in [0.3, 0.4) is 0 Å². The normalized spacial score (nSPS) is 31.4. The van der Waals surface area contributed by atoms with Crippen LogP contribution in [0, 0.1) is 11.8 Å². The number of hydrogen-bond donors (Lipinski definition) is 1. The van der Waals surface area contributed by atoms with Crippen LogP contribution >= 0.6 is 0 Å². The number of phenolic OH excluding ortho intramolecular Hbond substituents is 1. The van der Waals surface area contributed by atoms with Crippen LogP contribution in [0.15, 0.2) is 18.2 Å². The lowest BCUT2D eigenvalue weighted by atomic mass is 9.93. The predicted octanol–water partition coefficient (Wildman–Crippen LogP) is 2.45. The van der Waals surface area contributed by atoms with Gasteiger partial charge in [-0.15, -0.1) is 0 Å². The molecule has 1 N–H and O–H groups in total. The van der Waals surface area contributed by atoms with E-state index in [2.05, 4.69) is 25.1 Å². The molecule has 17 heavy (non-hydrogen) atoms. The summed E-state index contributed by atoms with van der Waals surface area (Å²) in [6, 6.07) is 6.66. The maximum absolute atomic E-state index is 9.61. The summed E-state index contributed by atoms with van der Waals surface area (Å²) in [4.78, 5) is 2.41. The van der Waals surface area contributed by atoms with Gasteiger partial charge in [0.15, 0.2) is 0 Å². The Morgan fingerprint density at radius 2 is 1.71 bits per heavy atom. The summed E-state index contributed by atoms with van der Waals surface area (Å²) < 4.78 is 0. The molecule has 0 aromatic heterocycles. The first-order valence-corrected chi connectivity index (χ1v) is 6.62. The molecule has 2 aliphatic carbocycles. The quantitative estimate of drug-likeness (QED) is 0.802. The van der Waals surface area contributed by atoms with Crippen molar-refractivity contribution < 1.29 is 5.11 Å². The Bertz CT molecular complexity index is 427. The number of nitrogens with zero attached hydrogens (tertiary/aromatic N) is 1. The second kappa shape index (κ2) is 4.02. The third-order valence-electron chi connectivity index (χ3n) is 4.62. The lowest BCUT2D eigenvalue weighted by molar-refractivity contribution is 0.194. The summed E-state index contributed by atoms with van der Waals surface area (Å²) in [5, 5.41) is 9.61. The van der Waals surface area contributed by atoms with E-state index in [0.717, 1.165) is 24.3 Å². The molecule has 3 unspecified atom stereocenters. The van der Waals surface area contributed by atoms with E-state index < -0.39 is 0 Å². The summed E-state index contributed by atoms with van der Waals surface area (Å²) in [5.41, 5.74) is 2.84. The predicted molar refractivity (Wildman–Crippen MR) is 69.2 cm³/mol. The topological polar surface area (TPSA) is 23.5 Å². The minimum absolute atomic E-state index is 0.419. The molecule has 0 saturated heterocycles. The van der Waals surface area contributed by atoms with E-state index in [9.17, 15) is 5.11 Å². The van der Waals surface area contributed by atoms with Crippen LogP contribution < -0.4 is 0 Å². The van der Waals surface area contributed by atoms with Crippen molar-refractivity contribution in [3.05, 3.63) is 29.3 Å². The van der Waals surface area contributed by atoms with Gasteiger partial charge in [-0.2, -0.15) is 0 Å². The summed E-state index contributed by atoms with van der Waals surface area (Å²) in [6.45, 7) is 0. The van der Waals surface area contributed by atoms with Crippen molar-refractivity contribution in [2.75, 3.05) is 14.1 Å². The molecule has 2 heteroatoms. The maximum atomic E-state index is 9.61. The van der Waals surface area contributed by atoms with Gasteiger partial charge >= 0.3 is 0 Å². The summed E-state index contributed by atoms with van der Waals surface area (Å²) >= 11 is 0. The van der Waals surface area contributed by atoms with Crippen molar-refractivity contribution in [1.29, 1.82) is 0 Å². The second-order valence-corrected chi connectivity index (χ2v) is 5.91. The second-order valence-electron chi connectivity index (χ2n) is 5.91. The van der Waals surface area contributed by atoms with Crippen LogP contribution in [0.25, 0.3) is 0 Å². The number of phenols is 1. The molecule has 1 saturated carbocycles. The van der Waals surface area contributed by atoms with Crippen molar-refractivity contribution in [3.63, 3.8) is 0 Å². The zero-order valence-electron chi connectivity index (χ0n) is 10.7. The molecule has 92 valence electrons. The number of benzene rings is 1. The molecule has 0 spiro atoms. The van der Waals surface area contributed by atoms with Gasteiger partial charge in [0.1, 0.15) is 5.75 Å². The lowest BCUT2D eigenvalue weighted by Crippen LogP contribution is -2.36. The van der Waals surface area contributed by atoms with Crippen molar-refractivity contribution in [1.82, 2.24) is 4.90 Å². The first-order valence-electron chi connectivity index (χ1n) is 6.62. The molecule has 0 heterocycles. The first-order chi connectivity index (χ1) is 8.15. The van der Waals surface area contributed by atoms with Gasteiger partial charge in [0.25, 0.3) is 0 Å². The van der Waals surface area contributed by atoms with Crippen molar-refractivity contribution >= 4 is 0 Å². The van der Waals surface area contributed by atoms with Crippen LogP contribution in [0.5, 0.6) is 5.75 Å². The smallest absolute Gasteiger partial charge is 0.115 e. The van der Waals surface area contributed by atoms with Crippen molar-refractivity contribution in [3.8, 4) is 5.75 Å². The van der Waals surface area contributed by atoms with E-state index in [1.54, 1.807) is 0 Å². The van der Waals surface area contributed by atoms with Gasteiger partial charge < -0.3 is 10.0 Å². The standard InChI is InChI=1S/C15H21NO/c1-16(2)15-11-3-4-12(15)8-13-9-14(17)6-5-10(13)7-11/h5-6,9,11-12,15,17H,3-4,7-8H2,1-2H3. The Morgan fingerprint density at radius 1 is 1.06 bits per heavy atom. The molecule has 0 radical (unpaired) electrons. The molecular formula is C15H21NO. The first kappa shape index (κ1) is 11.1. The van der Waals surface area contributed by atoms with E-state index in [1.165, 1.54) is 30.4 Å². The van der Waals surface area contributed by atoms with Crippen LogP contribution in [-0.2, 0) is 12.8 Å². The summed E-state index contributed by atoms with van der Waals surface area (Å²) in [6.07, 6.45) is 5.05. The average Bonchev–Trinajstić information content (AvgIpc) is 2.55. The Balaban J connectivity index is 1.97. The Hall–Kier alpha value is -1.02. The fourth-order valence-electron chi connectivity index (χ4n) is 4.01. The molecule has 1 aromatic carbocycles. The van der Waals surface area contributed by atoms with E-state index in [-0.39, 0.29) is 0 Å². The molecule has 2 nitrogen and oxygen atoms in total. The third-order valence-corrected chi connectivity index (χ3v) is 4.62. The lowest BCUT2D eigenvalue weighted by Gasteiger charge is -2.29. The van der Waals surface area contributed by atoms with Crippen LogP contribution in [-0.4, -0.2) is 30.1 Å². The number of aromatic hydroxyl groups is 1. The Labute approximate surface area is 103 Å². The largest absolute Gasteiger partial charge is 0.508 e. The van der Waals surface area contributed by atoms with Gasteiger partial charge in [-0.3, -0.25) is 0 Å². The highest BCUT2D eigenvalue weighted by molar-refractivity contribution is 5.37. The molecular weight excluding hydrogens is 210 g/mol. The molecule has 1 fully saturated rings. The minimum atomic E-state index is 0.419. The van der Waals surface area contributed by atoms with Crippen LogP contribution in [0.1, 0.15) is 24.0 Å². The monoisotopic (exact) mass is 231 g/mol. The number of rotatable bonds is 1. The maximum Gasteiger partial charge on any atom is 0.115 e. The van der Waals surface area contributed by atoms with Gasteiger partial charge in [-0.25, -0.2) is 0 Å². The number of fused-ring (bicyclic) bond motifs is 3. The highest BCUT2D eigenvalue weighted by Crippen LogP contribution is 2.42. The fourth-order valence-corrected chi connectivity index (χ4v) is 4.01. The zero-order chi connectivity index (χ0) is 12.0. The molecule has 0 amide bonds. The fraction of sp³-hybridized carbons (Fsp3) is 0.600. The van der Waals surface area contributed by atoms with Gasteiger partial charge in [-0.05, 0) is 74.9 Å². The summed E-state index contributed by atoms with van der Waals surface area (Å²) in [7, 11) is 4.42. The molecule has 2 bridgehead atoms. The van der Waals surface area contributed by atoms with Gasteiger partial charge in [0.05, 0.1) is 0 Å². The third kappa shape index (κ3) is 1.85.